The quantitative estimate of drug-likeness (QED) is 0.811. The highest BCUT2D eigenvalue weighted by Gasteiger charge is 2.47. The topological polar surface area (TPSA) is 49.4 Å². The summed E-state index contributed by atoms with van der Waals surface area (Å²) in [6, 6.07) is 4.33. The number of nitrogens with one attached hydrogen (secondary N) is 1. The summed E-state index contributed by atoms with van der Waals surface area (Å²) in [4.78, 5) is 27.2. The Bertz CT molecular complexity index is 703. The molecule has 1 N–H and O–H groups in total. The molecule has 0 bridgehead atoms. The zero-order chi connectivity index (χ0) is 19.4. The Morgan fingerprint density at radius 1 is 1.26 bits per heavy atom. The molecular formula is C21H28ClFN2O2. The van der Waals surface area contributed by atoms with Gasteiger partial charge in [0.15, 0.2) is 0 Å². The Labute approximate surface area is 165 Å². The van der Waals surface area contributed by atoms with E-state index in [1.807, 2.05) is 6.92 Å². The van der Waals surface area contributed by atoms with Crippen LogP contribution in [0.1, 0.15) is 70.3 Å². The number of carbonyl (C=O) groups is 2. The number of nitrogens with zero attached hydrogens (tertiary/aromatic N) is 1. The van der Waals surface area contributed by atoms with Crippen molar-refractivity contribution < 1.29 is 14.0 Å². The van der Waals surface area contributed by atoms with Gasteiger partial charge in [0, 0.05) is 24.0 Å². The van der Waals surface area contributed by atoms with E-state index in [-0.39, 0.29) is 29.4 Å². The average molecular weight is 395 g/mol. The fourth-order valence-electron chi connectivity index (χ4n) is 4.16. The van der Waals surface area contributed by atoms with Gasteiger partial charge in [0.1, 0.15) is 11.4 Å². The Morgan fingerprint density at radius 2 is 1.93 bits per heavy atom. The molecule has 1 aliphatic heterocycles. The smallest absolute Gasteiger partial charge is 0.245 e. The first-order valence-corrected chi connectivity index (χ1v) is 10.3. The van der Waals surface area contributed by atoms with Crippen LogP contribution in [0.4, 0.5) is 4.39 Å². The lowest BCUT2D eigenvalue weighted by molar-refractivity contribution is -0.141. The molecule has 1 aromatic rings. The number of amides is 2. The summed E-state index contributed by atoms with van der Waals surface area (Å²) < 4.78 is 13.3. The first-order chi connectivity index (χ1) is 12.9. The molecule has 0 spiro atoms. The van der Waals surface area contributed by atoms with Gasteiger partial charge in [0.25, 0.3) is 0 Å². The minimum atomic E-state index is -0.892. The van der Waals surface area contributed by atoms with Crippen molar-refractivity contribution >= 4 is 23.4 Å². The molecule has 1 saturated carbocycles. The Morgan fingerprint density at radius 3 is 2.59 bits per heavy atom. The van der Waals surface area contributed by atoms with E-state index >= 15 is 0 Å². The first kappa shape index (κ1) is 20.1. The van der Waals surface area contributed by atoms with Crippen molar-refractivity contribution in [3.05, 3.63) is 34.6 Å². The van der Waals surface area contributed by atoms with Crippen LogP contribution >= 0.6 is 11.6 Å². The van der Waals surface area contributed by atoms with Crippen LogP contribution in [0.15, 0.2) is 18.2 Å². The molecule has 1 aliphatic carbocycles. The van der Waals surface area contributed by atoms with Crippen molar-refractivity contribution in [1.29, 1.82) is 0 Å². The van der Waals surface area contributed by atoms with E-state index in [0.29, 0.717) is 18.4 Å². The minimum absolute atomic E-state index is 0.0642. The second-order valence-corrected chi connectivity index (χ2v) is 8.41. The maximum Gasteiger partial charge on any atom is 0.245 e. The largest absolute Gasteiger partial charge is 0.351 e. The highest BCUT2D eigenvalue weighted by atomic mass is 35.5. The van der Waals surface area contributed by atoms with Crippen LogP contribution in [-0.4, -0.2) is 28.3 Å². The van der Waals surface area contributed by atoms with Gasteiger partial charge in [-0.05, 0) is 43.9 Å². The number of hydrogen-bond acceptors (Lipinski definition) is 2. The fraction of sp³-hybridized carbons (Fsp3) is 0.619. The van der Waals surface area contributed by atoms with Crippen LogP contribution in [0.5, 0.6) is 0 Å². The SMILES string of the molecule is CC1(C(=O)NC2CCCCCCC2)CCC(=O)N1Cc1ccc(F)cc1Cl. The van der Waals surface area contributed by atoms with Crippen molar-refractivity contribution in [1.82, 2.24) is 10.2 Å². The summed E-state index contributed by atoms with van der Waals surface area (Å²) in [6.45, 7) is 2.04. The second-order valence-electron chi connectivity index (χ2n) is 8.00. The lowest BCUT2D eigenvalue weighted by Gasteiger charge is -2.36. The molecule has 6 heteroatoms. The van der Waals surface area contributed by atoms with Gasteiger partial charge in [-0.2, -0.15) is 0 Å². The molecule has 2 aliphatic rings. The zero-order valence-electron chi connectivity index (χ0n) is 15.9. The van der Waals surface area contributed by atoms with Crippen LogP contribution in [0.25, 0.3) is 0 Å². The number of rotatable bonds is 4. The summed E-state index contributed by atoms with van der Waals surface area (Å²) in [5.74, 6) is -0.566. The molecule has 148 valence electrons. The van der Waals surface area contributed by atoms with E-state index in [2.05, 4.69) is 5.32 Å². The maximum atomic E-state index is 13.3. The van der Waals surface area contributed by atoms with Crippen LogP contribution in [-0.2, 0) is 16.1 Å². The number of carbonyl (C=O) groups excluding carboxylic acids is 2. The number of hydrogen-bond donors (Lipinski definition) is 1. The molecule has 3 rings (SSSR count). The third-order valence-corrected chi connectivity index (χ3v) is 6.35. The molecular weight excluding hydrogens is 367 g/mol. The first-order valence-electron chi connectivity index (χ1n) is 9.95. The molecule has 4 nitrogen and oxygen atoms in total. The normalized spacial score (nSPS) is 24.6. The maximum absolute atomic E-state index is 13.3. The average Bonchev–Trinajstić information content (AvgIpc) is 2.89. The van der Waals surface area contributed by atoms with Gasteiger partial charge < -0.3 is 10.2 Å². The van der Waals surface area contributed by atoms with E-state index in [1.165, 1.54) is 31.4 Å². The Balaban J connectivity index is 1.73. The van der Waals surface area contributed by atoms with Gasteiger partial charge in [0.2, 0.25) is 11.8 Å². The van der Waals surface area contributed by atoms with Crippen LogP contribution in [0.3, 0.4) is 0 Å². The van der Waals surface area contributed by atoms with Crippen molar-refractivity contribution in [3.8, 4) is 0 Å². The van der Waals surface area contributed by atoms with Gasteiger partial charge in [0.05, 0.1) is 0 Å². The Kier molecular flexibility index (Phi) is 6.40. The second kappa shape index (κ2) is 8.59. The van der Waals surface area contributed by atoms with E-state index in [1.54, 1.807) is 11.0 Å². The van der Waals surface area contributed by atoms with Crippen molar-refractivity contribution in [2.24, 2.45) is 0 Å². The van der Waals surface area contributed by atoms with E-state index in [9.17, 15) is 14.0 Å². The monoisotopic (exact) mass is 394 g/mol. The number of likely N-dealkylation sites (tertiary alicyclic amines) is 1. The predicted molar refractivity (Wildman–Crippen MR) is 104 cm³/mol. The summed E-state index contributed by atoms with van der Waals surface area (Å²) >= 11 is 6.14. The van der Waals surface area contributed by atoms with Crippen molar-refractivity contribution in [3.63, 3.8) is 0 Å². The third-order valence-electron chi connectivity index (χ3n) is 6.00. The molecule has 1 heterocycles. The van der Waals surface area contributed by atoms with Gasteiger partial charge in [-0.25, -0.2) is 4.39 Å². The zero-order valence-corrected chi connectivity index (χ0v) is 16.7. The molecule has 2 amide bonds. The summed E-state index contributed by atoms with van der Waals surface area (Å²) in [7, 11) is 0. The van der Waals surface area contributed by atoms with Gasteiger partial charge >= 0.3 is 0 Å². The van der Waals surface area contributed by atoms with Gasteiger partial charge in [-0.1, -0.05) is 49.8 Å². The molecule has 1 unspecified atom stereocenters. The molecule has 27 heavy (non-hydrogen) atoms. The lowest BCUT2D eigenvalue weighted by Crippen LogP contribution is -2.56. The number of halogens is 2. The van der Waals surface area contributed by atoms with Crippen molar-refractivity contribution in [2.75, 3.05) is 0 Å². The standard InChI is InChI=1S/C21H28ClFN2O2/c1-21(20(27)24-17-7-5-3-2-4-6-8-17)12-11-19(26)25(21)14-15-9-10-16(23)13-18(15)22/h9-10,13,17H,2-8,11-12,14H2,1H3,(H,24,27). The lowest BCUT2D eigenvalue weighted by atomic mass is 9.93. The van der Waals surface area contributed by atoms with E-state index < -0.39 is 11.4 Å². The van der Waals surface area contributed by atoms with Crippen molar-refractivity contribution in [2.45, 2.75) is 82.8 Å². The summed E-state index contributed by atoms with van der Waals surface area (Å²) in [5.41, 5.74) is -0.241. The predicted octanol–water partition coefficient (Wildman–Crippen LogP) is 4.59. The van der Waals surface area contributed by atoms with E-state index in [0.717, 1.165) is 25.7 Å². The highest BCUT2D eigenvalue weighted by Crippen LogP contribution is 2.34. The van der Waals surface area contributed by atoms with Crippen LogP contribution < -0.4 is 5.32 Å². The Hall–Kier alpha value is -1.62. The summed E-state index contributed by atoms with van der Waals surface area (Å²) in [5, 5.41) is 3.48. The van der Waals surface area contributed by atoms with Gasteiger partial charge in [-0.3, -0.25) is 9.59 Å². The molecule has 1 atom stereocenters. The van der Waals surface area contributed by atoms with Crippen LogP contribution in [0.2, 0.25) is 5.02 Å². The molecule has 0 aromatic heterocycles. The fourth-order valence-corrected chi connectivity index (χ4v) is 4.38. The van der Waals surface area contributed by atoms with Gasteiger partial charge in [-0.15, -0.1) is 0 Å². The molecule has 2 fully saturated rings. The summed E-state index contributed by atoms with van der Waals surface area (Å²) in [6.07, 6.45) is 8.81. The number of benzene rings is 1. The van der Waals surface area contributed by atoms with Crippen LogP contribution in [0, 0.1) is 5.82 Å². The molecule has 1 saturated heterocycles. The minimum Gasteiger partial charge on any atom is -0.351 e. The van der Waals surface area contributed by atoms with E-state index in [4.69, 9.17) is 11.6 Å². The molecule has 0 radical (unpaired) electrons. The third kappa shape index (κ3) is 4.63. The molecule has 1 aromatic carbocycles. The highest BCUT2D eigenvalue weighted by molar-refractivity contribution is 6.31.